The quantitative estimate of drug-likeness (QED) is 0.499. The van der Waals surface area contributed by atoms with Crippen LogP contribution in [-0.4, -0.2) is 9.52 Å². The van der Waals surface area contributed by atoms with Crippen molar-refractivity contribution in [3.63, 3.8) is 0 Å². The molecule has 1 aliphatic carbocycles. The summed E-state index contributed by atoms with van der Waals surface area (Å²) in [6.07, 6.45) is 6.65. The largest absolute Gasteiger partial charge is 0.0923 e. The predicted molar refractivity (Wildman–Crippen MR) is 55.6 cm³/mol. The van der Waals surface area contributed by atoms with Crippen molar-refractivity contribution >= 4 is 9.52 Å². The lowest BCUT2D eigenvalue weighted by atomic mass is 9.75. The highest BCUT2D eigenvalue weighted by atomic mass is 28.2. The van der Waals surface area contributed by atoms with Crippen LogP contribution in [0, 0.1) is 5.41 Å². The van der Waals surface area contributed by atoms with Crippen LogP contribution in [0.1, 0.15) is 40.0 Å². The van der Waals surface area contributed by atoms with E-state index in [2.05, 4.69) is 26.8 Å². The lowest BCUT2D eigenvalue weighted by Gasteiger charge is -2.31. The van der Waals surface area contributed by atoms with E-state index in [1.807, 2.05) is 5.20 Å². The molecule has 1 radical (unpaired) electrons. The molecular weight excluding hydrogens is 160 g/mol. The van der Waals surface area contributed by atoms with Crippen LogP contribution in [0.15, 0.2) is 22.0 Å². The van der Waals surface area contributed by atoms with E-state index in [-0.39, 0.29) is 0 Å². The molecule has 0 saturated carbocycles. The first-order valence-electron chi connectivity index (χ1n) is 4.86. The van der Waals surface area contributed by atoms with Gasteiger partial charge >= 0.3 is 0 Å². The van der Waals surface area contributed by atoms with Crippen molar-refractivity contribution in [1.82, 2.24) is 0 Å². The minimum Gasteiger partial charge on any atom is -0.0842 e. The third-order valence-electron chi connectivity index (χ3n) is 3.10. The first-order valence-corrected chi connectivity index (χ1v) is 6.02. The summed E-state index contributed by atoms with van der Waals surface area (Å²) in [5.41, 5.74) is 2.18. The van der Waals surface area contributed by atoms with Crippen LogP contribution in [-0.2, 0) is 0 Å². The Bertz CT molecular complexity index is 269. The van der Waals surface area contributed by atoms with Crippen LogP contribution < -0.4 is 0 Å². The van der Waals surface area contributed by atoms with E-state index in [1.165, 1.54) is 19.3 Å². The zero-order valence-corrected chi connectivity index (χ0v) is 9.43. The summed E-state index contributed by atoms with van der Waals surface area (Å²) in [6, 6.07) is 0. The minimum atomic E-state index is 0.484. The fourth-order valence-corrected chi connectivity index (χ4v) is 4.18. The molecule has 2 rings (SSSR count). The van der Waals surface area contributed by atoms with Crippen molar-refractivity contribution in [3.05, 3.63) is 22.0 Å². The molecule has 1 heterocycles. The number of hydrogen-bond donors (Lipinski definition) is 0. The smallest absolute Gasteiger partial charge is 0.0842 e. The van der Waals surface area contributed by atoms with Crippen LogP contribution in [0.3, 0.4) is 0 Å². The predicted octanol–water partition coefficient (Wildman–Crippen LogP) is 2.80. The molecule has 0 atom stereocenters. The maximum Gasteiger partial charge on any atom is 0.0923 e. The van der Waals surface area contributed by atoms with Gasteiger partial charge in [0.25, 0.3) is 0 Å². The summed E-state index contributed by atoms with van der Waals surface area (Å²) >= 11 is 0. The van der Waals surface area contributed by atoms with Crippen molar-refractivity contribution in [2.24, 2.45) is 5.41 Å². The summed E-state index contributed by atoms with van der Waals surface area (Å²) in [4.78, 5) is 0. The summed E-state index contributed by atoms with van der Waals surface area (Å²) in [5, 5.41) is 3.46. The Balaban J connectivity index is 2.37. The highest BCUT2D eigenvalue weighted by molar-refractivity contribution is 6.55. The summed E-state index contributed by atoms with van der Waals surface area (Å²) in [7, 11) is 0.533. The molecule has 0 fully saturated rings. The number of allylic oxidation sites excluding steroid dienone is 4. The first kappa shape index (κ1) is 8.30. The molecule has 65 valence electrons. The lowest BCUT2D eigenvalue weighted by molar-refractivity contribution is 0.383. The first-order chi connectivity index (χ1) is 5.59. The van der Waals surface area contributed by atoms with Crippen LogP contribution in [0.5, 0.6) is 0 Å². The normalized spacial score (nSPS) is 27.1. The van der Waals surface area contributed by atoms with Crippen molar-refractivity contribution < 1.29 is 0 Å². The van der Waals surface area contributed by atoms with Crippen LogP contribution >= 0.6 is 0 Å². The third kappa shape index (κ3) is 1.20. The average Bonchev–Trinajstić information content (AvgIpc) is 2.30. The molecule has 0 aromatic heterocycles. The fraction of sp³-hybridized carbons (Fsp3) is 0.636. The molecule has 1 aliphatic heterocycles. The number of rotatable bonds is 0. The molecule has 0 amide bonds. The maximum absolute atomic E-state index is 2.46. The molecule has 0 nitrogen and oxygen atoms in total. The Morgan fingerprint density at radius 1 is 1.42 bits per heavy atom. The Kier molecular flexibility index (Phi) is 1.79. The van der Waals surface area contributed by atoms with Crippen LogP contribution in [0.2, 0.25) is 0 Å². The van der Waals surface area contributed by atoms with Gasteiger partial charge in [0.1, 0.15) is 0 Å². The van der Waals surface area contributed by atoms with E-state index >= 15 is 0 Å². The molecular formula is C11H17Si. The third-order valence-corrected chi connectivity index (χ3v) is 4.67. The van der Waals surface area contributed by atoms with Gasteiger partial charge in [0.15, 0.2) is 0 Å². The Labute approximate surface area is 77.6 Å². The van der Waals surface area contributed by atoms with Gasteiger partial charge in [-0.1, -0.05) is 30.3 Å². The molecule has 0 bridgehead atoms. The van der Waals surface area contributed by atoms with Gasteiger partial charge in [-0.3, -0.25) is 0 Å². The number of hydrogen-bond acceptors (Lipinski definition) is 0. The van der Waals surface area contributed by atoms with Gasteiger partial charge in [0.2, 0.25) is 0 Å². The molecule has 1 heteroatoms. The van der Waals surface area contributed by atoms with Gasteiger partial charge in [-0.15, -0.1) is 0 Å². The second-order valence-electron chi connectivity index (χ2n) is 4.71. The zero-order chi connectivity index (χ0) is 8.77. The second kappa shape index (κ2) is 2.59. The van der Waals surface area contributed by atoms with E-state index in [4.69, 9.17) is 0 Å². The summed E-state index contributed by atoms with van der Waals surface area (Å²) in [5.74, 6) is 0. The average molecular weight is 177 g/mol. The highest BCUT2D eigenvalue weighted by Gasteiger charge is 2.30. The minimum absolute atomic E-state index is 0.484. The van der Waals surface area contributed by atoms with Crippen LogP contribution in [0.4, 0.5) is 0 Å². The molecule has 0 aromatic carbocycles. The van der Waals surface area contributed by atoms with E-state index in [9.17, 15) is 0 Å². The van der Waals surface area contributed by atoms with Crippen molar-refractivity contribution in [2.45, 2.75) is 40.0 Å². The van der Waals surface area contributed by atoms with Crippen molar-refractivity contribution in [2.75, 3.05) is 0 Å². The van der Waals surface area contributed by atoms with Gasteiger partial charge in [0, 0.05) is 0 Å². The Hall–Kier alpha value is -0.303. The van der Waals surface area contributed by atoms with E-state index in [1.54, 1.807) is 10.8 Å². The fourth-order valence-electron chi connectivity index (χ4n) is 2.41. The lowest BCUT2D eigenvalue weighted by Crippen LogP contribution is -2.19. The Morgan fingerprint density at radius 2 is 2.17 bits per heavy atom. The van der Waals surface area contributed by atoms with E-state index in [0.29, 0.717) is 14.9 Å². The van der Waals surface area contributed by atoms with Crippen LogP contribution in [0.25, 0.3) is 0 Å². The summed E-state index contributed by atoms with van der Waals surface area (Å²) in [6.45, 7) is 7.09. The summed E-state index contributed by atoms with van der Waals surface area (Å²) < 4.78 is 0. The molecule has 0 N–H and O–H groups in total. The van der Waals surface area contributed by atoms with Crippen molar-refractivity contribution in [1.29, 1.82) is 0 Å². The molecule has 2 aliphatic rings. The topological polar surface area (TPSA) is 0 Å². The highest BCUT2D eigenvalue weighted by Crippen LogP contribution is 2.43. The van der Waals surface area contributed by atoms with Gasteiger partial charge in [-0.05, 0) is 37.2 Å². The second-order valence-corrected chi connectivity index (χ2v) is 6.61. The zero-order valence-electron chi connectivity index (χ0n) is 8.28. The molecule has 0 unspecified atom stereocenters. The van der Waals surface area contributed by atoms with Gasteiger partial charge < -0.3 is 0 Å². The van der Waals surface area contributed by atoms with E-state index < -0.39 is 0 Å². The Morgan fingerprint density at radius 3 is 2.83 bits per heavy atom. The van der Waals surface area contributed by atoms with Gasteiger partial charge in [0.05, 0.1) is 9.52 Å². The van der Waals surface area contributed by atoms with Gasteiger partial charge in [-0.2, -0.15) is 0 Å². The van der Waals surface area contributed by atoms with Crippen molar-refractivity contribution in [3.8, 4) is 0 Å². The van der Waals surface area contributed by atoms with Gasteiger partial charge in [-0.25, -0.2) is 0 Å². The maximum atomic E-state index is 2.46. The van der Waals surface area contributed by atoms with E-state index in [0.717, 1.165) is 0 Å². The SMILES string of the molecule is CC1=CC2=C(CCCC2(C)C)[SiH]1. The molecule has 0 saturated heterocycles. The molecule has 0 spiro atoms. The standard InChI is InChI=1S/C11H17Si/c1-8-7-9-10(12-8)5-4-6-11(9,2)3/h7,12H,4-6H2,1-3H3. The molecule has 0 aromatic rings. The molecule has 12 heavy (non-hydrogen) atoms. The monoisotopic (exact) mass is 177 g/mol.